The van der Waals surface area contributed by atoms with Crippen molar-refractivity contribution in [1.82, 2.24) is 9.21 Å². The van der Waals surface area contributed by atoms with Gasteiger partial charge in [-0.25, -0.2) is 8.42 Å². The van der Waals surface area contributed by atoms with E-state index in [0.29, 0.717) is 29.0 Å². The van der Waals surface area contributed by atoms with E-state index in [9.17, 15) is 23.3 Å². The molecule has 0 saturated carbocycles. The number of ether oxygens (including phenoxy) is 1. The number of hydrogen-bond donors (Lipinski definition) is 1. The second kappa shape index (κ2) is 11.1. The lowest BCUT2D eigenvalue weighted by atomic mass is 9.99. The van der Waals surface area contributed by atoms with E-state index in [1.807, 2.05) is 0 Å². The normalized spacial score (nSPS) is 17.2. The van der Waals surface area contributed by atoms with E-state index in [2.05, 4.69) is 23.2 Å². The summed E-state index contributed by atoms with van der Waals surface area (Å²) in [7, 11) is -2.41. The maximum atomic E-state index is 13.0. The lowest BCUT2D eigenvalue weighted by molar-refractivity contribution is -0.146. The van der Waals surface area contributed by atoms with Gasteiger partial charge in [0.15, 0.2) is 0 Å². The molecule has 192 valence electrons. The van der Waals surface area contributed by atoms with Crippen LogP contribution in [0, 0.1) is 17.2 Å². The van der Waals surface area contributed by atoms with Crippen LogP contribution in [0.25, 0.3) is 0 Å². The molecule has 0 radical (unpaired) electrons. The molecule has 0 aliphatic carbocycles. The smallest absolute Gasteiger partial charge is 0.308 e. The Morgan fingerprint density at radius 1 is 1.19 bits per heavy atom. The van der Waals surface area contributed by atoms with Crippen LogP contribution in [0.4, 0.5) is 5.00 Å². The summed E-state index contributed by atoms with van der Waals surface area (Å²) in [4.78, 5) is 28.2. The lowest BCUT2D eigenvalue weighted by Gasteiger charge is -2.29. The fourth-order valence-corrected chi connectivity index (χ4v) is 7.48. The van der Waals surface area contributed by atoms with Crippen molar-refractivity contribution in [2.45, 2.75) is 44.0 Å². The first-order chi connectivity index (χ1) is 17.3. The molecule has 2 aliphatic heterocycles. The van der Waals surface area contributed by atoms with E-state index in [0.717, 1.165) is 42.9 Å². The summed E-state index contributed by atoms with van der Waals surface area (Å²) in [5.74, 6) is -0.992. The molecule has 1 aromatic carbocycles. The predicted molar refractivity (Wildman–Crippen MR) is 136 cm³/mol. The molecule has 9 nitrogen and oxygen atoms in total. The molecule has 4 rings (SSSR count). The van der Waals surface area contributed by atoms with Gasteiger partial charge in [0.25, 0.3) is 5.91 Å². The number of benzene rings is 1. The van der Waals surface area contributed by atoms with Crippen LogP contribution >= 0.6 is 11.3 Å². The Morgan fingerprint density at radius 2 is 1.89 bits per heavy atom. The zero-order valence-electron chi connectivity index (χ0n) is 20.5. The summed E-state index contributed by atoms with van der Waals surface area (Å²) < 4.78 is 32.2. The van der Waals surface area contributed by atoms with Crippen LogP contribution in [0.15, 0.2) is 29.2 Å². The number of carbonyl (C=O) groups is 2. The van der Waals surface area contributed by atoms with Gasteiger partial charge in [-0.3, -0.25) is 14.5 Å². The quantitative estimate of drug-likeness (QED) is 0.546. The molecule has 1 amide bonds. The van der Waals surface area contributed by atoms with Crippen molar-refractivity contribution in [1.29, 1.82) is 5.26 Å². The Bertz CT molecular complexity index is 1270. The Morgan fingerprint density at radius 3 is 2.50 bits per heavy atom. The second-order valence-corrected chi connectivity index (χ2v) is 12.1. The van der Waals surface area contributed by atoms with Crippen LogP contribution < -0.4 is 5.32 Å². The van der Waals surface area contributed by atoms with Crippen LogP contribution in [-0.4, -0.2) is 62.8 Å². The van der Waals surface area contributed by atoms with Gasteiger partial charge in [-0.15, -0.1) is 11.3 Å². The van der Waals surface area contributed by atoms with Gasteiger partial charge >= 0.3 is 5.97 Å². The zero-order chi connectivity index (χ0) is 25.9. The Labute approximate surface area is 215 Å². The minimum atomic E-state index is -3.74. The highest BCUT2D eigenvalue weighted by Crippen LogP contribution is 2.37. The molecule has 2 aromatic rings. The summed E-state index contributed by atoms with van der Waals surface area (Å²) in [5.41, 5.74) is 1.85. The highest BCUT2D eigenvalue weighted by molar-refractivity contribution is 7.89. The van der Waals surface area contributed by atoms with Gasteiger partial charge in [0.2, 0.25) is 10.0 Å². The number of piperidine rings is 1. The Hall–Kier alpha value is -2.78. The number of carbonyl (C=O) groups excluding carboxylic acids is 2. The first-order valence-corrected chi connectivity index (χ1v) is 14.3. The molecule has 11 heteroatoms. The molecule has 0 bridgehead atoms. The number of hydrogen-bond acceptors (Lipinski definition) is 8. The lowest BCUT2D eigenvalue weighted by Crippen LogP contribution is -2.40. The van der Waals surface area contributed by atoms with Crippen LogP contribution in [0.2, 0.25) is 0 Å². The molecule has 1 saturated heterocycles. The minimum absolute atomic E-state index is 0.0934. The first kappa shape index (κ1) is 26.3. The largest absolute Gasteiger partial charge is 0.469 e. The number of nitrogens with one attached hydrogen (secondary N) is 1. The number of rotatable bonds is 7. The Balaban J connectivity index is 1.44. The van der Waals surface area contributed by atoms with Crippen molar-refractivity contribution in [3.05, 3.63) is 45.8 Å². The molecule has 0 spiro atoms. The average molecular weight is 531 g/mol. The predicted octanol–water partition coefficient (Wildman–Crippen LogP) is 3.21. The number of sulfonamides is 1. The second-order valence-electron chi connectivity index (χ2n) is 9.03. The SMILES string of the molecule is CCCN1CCc2c(sc(NC(=O)c3ccc(S(=O)(=O)N4CCC(C(=O)OC)CC4)cc3)c2C#N)C1. The van der Waals surface area contributed by atoms with E-state index < -0.39 is 15.9 Å². The summed E-state index contributed by atoms with van der Waals surface area (Å²) in [6, 6.07) is 8.05. The first-order valence-electron chi connectivity index (χ1n) is 12.0. The van der Waals surface area contributed by atoms with Crippen molar-refractivity contribution in [2.24, 2.45) is 5.92 Å². The molecule has 2 aliphatic rings. The molecule has 0 unspecified atom stereocenters. The summed E-state index contributed by atoms with van der Waals surface area (Å²) in [6.45, 7) is 5.29. The van der Waals surface area contributed by atoms with E-state index in [1.54, 1.807) is 0 Å². The maximum Gasteiger partial charge on any atom is 0.308 e. The van der Waals surface area contributed by atoms with Crippen LogP contribution in [0.3, 0.4) is 0 Å². The van der Waals surface area contributed by atoms with Gasteiger partial charge < -0.3 is 10.1 Å². The summed E-state index contributed by atoms with van der Waals surface area (Å²) in [6.07, 6.45) is 2.67. The molecule has 1 aromatic heterocycles. The van der Waals surface area contributed by atoms with E-state index in [-0.39, 0.29) is 29.9 Å². The fourth-order valence-electron chi connectivity index (χ4n) is 4.77. The molecule has 3 heterocycles. The molecule has 0 atom stereocenters. The average Bonchev–Trinajstić information content (AvgIpc) is 3.24. The molecular weight excluding hydrogens is 500 g/mol. The molecular formula is C25H30N4O5S2. The highest BCUT2D eigenvalue weighted by atomic mass is 32.2. The van der Waals surface area contributed by atoms with Gasteiger partial charge in [0.05, 0.1) is 23.5 Å². The van der Waals surface area contributed by atoms with E-state index >= 15 is 0 Å². The maximum absolute atomic E-state index is 13.0. The topological polar surface area (TPSA) is 120 Å². The number of fused-ring (bicyclic) bond motifs is 1. The van der Waals surface area contributed by atoms with Crippen molar-refractivity contribution < 1.29 is 22.7 Å². The van der Waals surface area contributed by atoms with Gasteiger partial charge in [-0.05, 0) is 62.1 Å². The third kappa shape index (κ3) is 5.32. The third-order valence-corrected chi connectivity index (χ3v) is 9.80. The number of methoxy groups -OCH3 is 1. The van der Waals surface area contributed by atoms with Crippen molar-refractivity contribution in [3.8, 4) is 6.07 Å². The van der Waals surface area contributed by atoms with Crippen molar-refractivity contribution in [2.75, 3.05) is 38.6 Å². The Kier molecular flexibility index (Phi) is 8.10. The van der Waals surface area contributed by atoms with Crippen molar-refractivity contribution in [3.63, 3.8) is 0 Å². The number of anilines is 1. The fraction of sp³-hybridized carbons (Fsp3) is 0.480. The number of nitriles is 1. The minimum Gasteiger partial charge on any atom is -0.469 e. The monoisotopic (exact) mass is 530 g/mol. The summed E-state index contributed by atoms with van der Waals surface area (Å²) in [5, 5.41) is 13.1. The zero-order valence-corrected chi connectivity index (χ0v) is 22.1. The number of thiophene rings is 1. The number of nitrogens with zero attached hydrogens (tertiary/aromatic N) is 3. The standard InChI is InChI=1S/C25H30N4O5S2/c1-3-11-28-12-10-20-21(15-26)24(35-22(20)16-28)27-23(30)17-4-6-19(7-5-17)36(32,33)29-13-8-18(9-14-29)25(31)34-2/h4-7,18H,3,8-14,16H2,1-2H3,(H,27,30). The van der Waals surface area contributed by atoms with Gasteiger partial charge in [0, 0.05) is 36.6 Å². The van der Waals surface area contributed by atoms with Crippen molar-refractivity contribution >= 4 is 38.2 Å². The van der Waals surface area contributed by atoms with Crippen LogP contribution in [0.5, 0.6) is 0 Å². The van der Waals surface area contributed by atoms with Gasteiger partial charge in [-0.1, -0.05) is 6.92 Å². The van der Waals surface area contributed by atoms with E-state index in [4.69, 9.17) is 4.74 Å². The van der Waals surface area contributed by atoms with Crippen LogP contribution in [0.1, 0.15) is 52.5 Å². The van der Waals surface area contributed by atoms with Gasteiger partial charge in [0.1, 0.15) is 11.1 Å². The molecule has 1 fully saturated rings. The summed E-state index contributed by atoms with van der Waals surface area (Å²) >= 11 is 1.44. The molecule has 36 heavy (non-hydrogen) atoms. The highest BCUT2D eigenvalue weighted by Gasteiger charge is 2.32. The number of amides is 1. The number of esters is 1. The van der Waals surface area contributed by atoms with Gasteiger partial charge in [-0.2, -0.15) is 9.57 Å². The van der Waals surface area contributed by atoms with E-state index in [1.165, 1.54) is 47.0 Å². The van der Waals surface area contributed by atoms with Crippen LogP contribution in [-0.2, 0) is 32.5 Å². The third-order valence-electron chi connectivity index (χ3n) is 6.76. The molecule has 1 N–H and O–H groups in total.